The summed E-state index contributed by atoms with van der Waals surface area (Å²) in [6, 6.07) is 12.0. The lowest BCUT2D eigenvalue weighted by Crippen LogP contribution is -2.46. The van der Waals surface area contributed by atoms with Gasteiger partial charge in [0.1, 0.15) is 0 Å². The van der Waals surface area contributed by atoms with Crippen molar-refractivity contribution in [1.29, 1.82) is 0 Å². The number of anilines is 1. The number of rotatable bonds is 4. The van der Waals surface area contributed by atoms with Gasteiger partial charge in [-0.3, -0.25) is 4.90 Å². The van der Waals surface area contributed by atoms with E-state index in [1.165, 1.54) is 5.69 Å². The van der Waals surface area contributed by atoms with Gasteiger partial charge in [0.05, 0.1) is 11.4 Å². The van der Waals surface area contributed by atoms with E-state index < -0.39 is 0 Å². The maximum atomic E-state index is 6.08. The van der Waals surface area contributed by atoms with Crippen LogP contribution in [0.3, 0.4) is 0 Å². The molecule has 2 aromatic heterocycles. The molecule has 0 aliphatic carbocycles. The first-order chi connectivity index (χ1) is 11.8. The number of thiophene rings is 1. The van der Waals surface area contributed by atoms with Crippen molar-refractivity contribution < 1.29 is 4.42 Å². The third-order valence-corrected chi connectivity index (χ3v) is 5.20. The summed E-state index contributed by atoms with van der Waals surface area (Å²) in [6.07, 6.45) is 0. The van der Waals surface area contributed by atoms with Gasteiger partial charge in [0.15, 0.2) is 0 Å². The number of aromatic nitrogens is 2. The second-order valence-electron chi connectivity index (χ2n) is 5.72. The zero-order valence-corrected chi connectivity index (χ0v) is 14.6. The molecule has 124 valence electrons. The van der Waals surface area contributed by atoms with Crippen LogP contribution in [0.2, 0.25) is 5.02 Å². The van der Waals surface area contributed by atoms with Crippen LogP contribution >= 0.6 is 22.9 Å². The van der Waals surface area contributed by atoms with Gasteiger partial charge in [0.25, 0.3) is 5.89 Å². The first-order valence-corrected chi connectivity index (χ1v) is 9.13. The highest BCUT2D eigenvalue weighted by molar-refractivity contribution is 7.13. The summed E-state index contributed by atoms with van der Waals surface area (Å²) in [5, 5.41) is 11.1. The van der Waals surface area contributed by atoms with Crippen molar-refractivity contribution in [3.63, 3.8) is 0 Å². The van der Waals surface area contributed by atoms with Gasteiger partial charge < -0.3 is 9.32 Å². The quantitative estimate of drug-likeness (QED) is 0.708. The number of piperazine rings is 1. The van der Waals surface area contributed by atoms with Crippen LogP contribution in [-0.4, -0.2) is 41.3 Å². The molecule has 24 heavy (non-hydrogen) atoms. The smallest absolute Gasteiger partial charge is 0.257 e. The predicted molar refractivity (Wildman–Crippen MR) is 96.6 cm³/mol. The second-order valence-corrected chi connectivity index (χ2v) is 7.11. The Hall–Kier alpha value is -1.89. The molecule has 7 heteroatoms. The average molecular weight is 361 g/mol. The fourth-order valence-electron chi connectivity index (χ4n) is 2.85. The van der Waals surface area contributed by atoms with Crippen LogP contribution in [0.25, 0.3) is 10.8 Å². The van der Waals surface area contributed by atoms with E-state index in [0.29, 0.717) is 18.3 Å². The lowest BCUT2D eigenvalue weighted by Gasteiger charge is -2.35. The zero-order valence-electron chi connectivity index (χ0n) is 13.1. The maximum absolute atomic E-state index is 6.08. The molecule has 1 aromatic carbocycles. The summed E-state index contributed by atoms with van der Waals surface area (Å²) < 4.78 is 5.77. The van der Waals surface area contributed by atoms with Crippen molar-refractivity contribution in [2.24, 2.45) is 0 Å². The fraction of sp³-hybridized carbons (Fsp3) is 0.294. The molecule has 1 saturated heterocycles. The Kier molecular flexibility index (Phi) is 4.51. The minimum absolute atomic E-state index is 0.609. The van der Waals surface area contributed by atoms with Crippen LogP contribution in [0.5, 0.6) is 0 Å². The number of halogens is 1. The molecule has 0 saturated carbocycles. The summed E-state index contributed by atoms with van der Waals surface area (Å²) in [5.74, 6) is 1.28. The lowest BCUT2D eigenvalue weighted by atomic mass is 10.2. The molecule has 4 rings (SSSR count). The highest BCUT2D eigenvalue weighted by atomic mass is 35.5. The van der Waals surface area contributed by atoms with Crippen molar-refractivity contribution in [1.82, 2.24) is 15.1 Å². The summed E-state index contributed by atoms with van der Waals surface area (Å²) in [4.78, 5) is 5.71. The van der Waals surface area contributed by atoms with E-state index in [2.05, 4.69) is 26.1 Å². The number of nitrogens with zero attached hydrogens (tertiary/aromatic N) is 4. The Morgan fingerprint density at radius 2 is 1.96 bits per heavy atom. The standard InChI is InChI=1S/C17H17ClN4OS/c18-13-3-1-4-14(11-13)22-8-6-21(7-9-22)12-16-19-20-17(23-16)15-5-2-10-24-15/h1-5,10-11H,6-9,12H2. The Labute approximate surface area is 149 Å². The largest absolute Gasteiger partial charge is 0.419 e. The van der Waals surface area contributed by atoms with Crippen LogP contribution in [-0.2, 0) is 6.54 Å². The fourth-order valence-corrected chi connectivity index (χ4v) is 3.67. The van der Waals surface area contributed by atoms with Gasteiger partial charge >= 0.3 is 0 Å². The zero-order chi connectivity index (χ0) is 16.4. The van der Waals surface area contributed by atoms with Crippen LogP contribution < -0.4 is 4.90 Å². The Bertz CT molecular complexity index is 797. The first-order valence-electron chi connectivity index (χ1n) is 7.87. The van der Waals surface area contributed by atoms with Gasteiger partial charge in [-0.1, -0.05) is 23.7 Å². The number of hydrogen-bond acceptors (Lipinski definition) is 6. The second kappa shape index (κ2) is 6.93. The van der Waals surface area contributed by atoms with E-state index in [4.69, 9.17) is 16.0 Å². The molecule has 0 bridgehead atoms. The van der Waals surface area contributed by atoms with Crippen LogP contribution in [0.4, 0.5) is 5.69 Å². The van der Waals surface area contributed by atoms with Gasteiger partial charge in [0, 0.05) is 36.9 Å². The predicted octanol–water partition coefficient (Wildman–Crippen LogP) is 3.77. The van der Waals surface area contributed by atoms with E-state index in [0.717, 1.165) is 36.1 Å². The molecule has 0 unspecified atom stereocenters. The highest BCUT2D eigenvalue weighted by Gasteiger charge is 2.20. The molecule has 1 aliphatic rings. The molecular weight excluding hydrogens is 344 g/mol. The summed E-state index contributed by atoms with van der Waals surface area (Å²) >= 11 is 7.69. The molecule has 0 radical (unpaired) electrons. The van der Waals surface area contributed by atoms with E-state index in [1.807, 2.05) is 35.7 Å². The van der Waals surface area contributed by atoms with Gasteiger partial charge in [0.2, 0.25) is 5.89 Å². The topological polar surface area (TPSA) is 45.4 Å². The van der Waals surface area contributed by atoms with E-state index in [1.54, 1.807) is 11.3 Å². The average Bonchev–Trinajstić information content (AvgIpc) is 3.27. The van der Waals surface area contributed by atoms with Crippen molar-refractivity contribution in [3.8, 4) is 10.8 Å². The lowest BCUT2D eigenvalue weighted by molar-refractivity contribution is 0.227. The molecule has 3 aromatic rings. The van der Waals surface area contributed by atoms with Crippen molar-refractivity contribution in [2.75, 3.05) is 31.1 Å². The summed E-state index contributed by atoms with van der Waals surface area (Å²) in [6.45, 7) is 4.55. The summed E-state index contributed by atoms with van der Waals surface area (Å²) in [5.41, 5.74) is 1.18. The maximum Gasteiger partial charge on any atom is 0.257 e. The molecule has 3 heterocycles. The number of benzene rings is 1. The molecule has 1 aliphatic heterocycles. The molecule has 0 N–H and O–H groups in total. The van der Waals surface area contributed by atoms with Crippen molar-refractivity contribution in [3.05, 3.63) is 52.7 Å². The van der Waals surface area contributed by atoms with Gasteiger partial charge in [-0.15, -0.1) is 21.5 Å². The van der Waals surface area contributed by atoms with E-state index >= 15 is 0 Å². The normalized spacial score (nSPS) is 15.8. The minimum atomic E-state index is 0.609. The van der Waals surface area contributed by atoms with E-state index in [9.17, 15) is 0 Å². The van der Waals surface area contributed by atoms with Gasteiger partial charge in [-0.05, 0) is 29.6 Å². The summed E-state index contributed by atoms with van der Waals surface area (Å²) in [7, 11) is 0. The van der Waals surface area contributed by atoms with Crippen molar-refractivity contribution in [2.45, 2.75) is 6.54 Å². The van der Waals surface area contributed by atoms with Crippen molar-refractivity contribution >= 4 is 28.6 Å². The van der Waals surface area contributed by atoms with Crippen LogP contribution in [0, 0.1) is 0 Å². The Balaban J connectivity index is 1.35. The van der Waals surface area contributed by atoms with Gasteiger partial charge in [-0.2, -0.15) is 0 Å². The molecule has 0 atom stereocenters. The third-order valence-electron chi connectivity index (χ3n) is 4.10. The molecule has 1 fully saturated rings. The Morgan fingerprint density at radius 1 is 1.08 bits per heavy atom. The highest BCUT2D eigenvalue weighted by Crippen LogP contribution is 2.24. The monoisotopic (exact) mass is 360 g/mol. The van der Waals surface area contributed by atoms with Gasteiger partial charge in [-0.25, -0.2) is 0 Å². The molecular formula is C17H17ClN4OS. The van der Waals surface area contributed by atoms with E-state index in [-0.39, 0.29) is 0 Å². The Morgan fingerprint density at radius 3 is 2.71 bits per heavy atom. The molecule has 0 spiro atoms. The van der Waals surface area contributed by atoms with Crippen LogP contribution in [0.1, 0.15) is 5.89 Å². The SMILES string of the molecule is Clc1cccc(N2CCN(Cc3nnc(-c4cccs4)o3)CC2)c1. The third kappa shape index (κ3) is 3.45. The molecule has 5 nitrogen and oxygen atoms in total. The van der Waals surface area contributed by atoms with Crippen LogP contribution in [0.15, 0.2) is 46.2 Å². The minimum Gasteiger partial charge on any atom is -0.419 e. The number of hydrogen-bond donors (Lipinski definition) is 0. The molecule has 0 amide bonds. The first kappa shape index (κ1) is 15.6.